The Morgan fingerprint density at radius 1 is 1.31 bits per heavy atom. The maximum absolute atomic E-state index is 12.5. The summed E-state index contributed by atoms with van der Waals surface area (Å²) in [6.45, 7) is 0. The van der Waals surface area contributed by atoms with Crippen LogP contribution in [0.4, 0.5) is 5.69 Å². The highest BCUT2D eigenvalue weighted by molar-refractivity contribution is 9.10. The standard InChI is InChI=1S/C18H15BrN6O2S2/c19-10-6-12-13(22-17(27)21-12)7-11(10)20-15(26)8-29-18-24-23-16(14-2-1-5-28-14)25(18)9-3-4-9/h1-2,5-7,9H,3-4,8H2,(H,20,26)(H2,21,22,27). The van der Waals surface area contributed by atoms with Crippen molar-refractivity contribution in [3.63, 3.8) is 0 Å². The molecule has 8 nitrogen and oxygen atoms in total. The number of hydrogen-bond donors (Lipinski definition) is 3. The number of hydrogen-bond acceptors (Lipinski definition) is 6. The van der Waals surface area contributed by atoms with Gasteiger partial charge in [0.15, 0.2) is 11.0 Å². The summed E-state index contributed by atoms with van der Waals surface area (Å²) >= 11 is 6.44. The highest BCUT2D eigenvalue weighted by Gasteiger charge is 2.30. The number of benzene rings is 1. The van der Waals surface area contributed by atoms with Crippen molar-refractivity contribution < 1.29 is 4.79 Å². The van der Waals surface area contributed by atoms with Gasteiger partial charge in [0.2, 0.25) is 5.91 Å². The van der Waals surface area contributed by atoms with Crippen LogP contribution >= 0.6 is 39.0 Å². The Kier molecular flexibility index (Phi) is 4.80. The number of imidazole rings is 1. The molecule has 1 aliphatic rings. The number of thioether (sulfide) groups is 1. The van der Waals surface area contributed by atoms with Crippen molar-refractivity contribution in [2.24, 2.45) is 0 Å². The van der Waals surface area contributed by atoms with E-state index in [0.29, 0.717) is 27.2 Å². The molecule has 1 aliphatic carbocycles. The summed E-state index contributed by atoms with van der Waals surface area (Å²) in [4.78, 5) is 30.4. The lowest BCUT2D eigenvalue weighted by atomic mass is 10.3. The Labute approximate surface area is 181 Å². The number of amides is 1. The molecule has 4 aromatic rings. The summed E-state index contributed by atoms with van der Waals surface area (Å²) in [7, 11) is 0. The van der Waals surface area contributed by atoms with Gasteiger partial charge in [-0.3, -0.25) is 9.36 Å². The molecule has 1 saturated carbocycles. The van der Waals surface area contributed by atoms with Crippen LogP contribution < -0.4 is 11.0 Å². The van der Waals surface area contributed by atoms with E-state index in [1.807, 2.05) is 17.5 Å². The molecule has 3 heterocycles. The first-order chi connectivity index (χ1) is 14.1. The third kappa shape index (κ3) is 3.77. The van der Waals surface area contributed by atoms with Gasteiger partial charge in [-0.25, -0.2) is 4.79 Å². The molecule has 0 radical (unpaired) electrons. The van der Waals surface area contributed by atoms with Crippen molar-refractivity contribution in [1.82, 2.24) is 24.7 Å². The van der Waals surface area contributed by atoms with Crippen LogP contribution in [0.3, 0.4) is 0 Å². The third-order valence-electron chi connectivity index (χ3n) is 4.53. The van der Waals surface area contributed by atoms with E-state index in [1.54, 1.807) is 23.5 Å². The SMILES string of the molecule is O=C(CSc1nnc(-c2cccs2)n1C1CC1)Nc1cc2[nH]c(=O)[nH]c2cc1Br. The van der Waals surface area contributed by atoms with Gasteiger partial charge in [-0.1, -0.05) is 17.8 Å². The number of anilines is 1. The molecule has 0 saturated heterocycles. The smallest absolute Gasteiger partial charge is 0.323 e. The Morgan fingerprint density at radius 2 is 2.10 bits per heavy atom. The molecule has 148 valence electrons. The van der Waals surface area contributed by atoms with Crippen molar-refractivity contribution in [2.45, 2.75) is 24.0 Å². The number of halogens is 1. The molecule has 11 heteroatoms. The minimum Gasteiger partial charge on any atom is -0.324 e. The number of aromatic amines is 2. The first kappa shape index (κ1) is 18.6. The number of fused-ring (bicyclic) bond motifs is 1. The van der Waals surface area contributed by atoms with E-state index in [1.165, 1.54) is 11.8 Å². The maximum atomic E-state index is 12.5. The summed E-state index contributed by atoms with van der Waals surface area (Å²) in [5.74, 6) is 0.926. The Bertz CT molecular complexity index is 1260. The second-order valence-corrected chi connectivity index (χ2v) is 9.42. The van der Waals surface area contributed by atoms with Crippen molar-refractivity contribution in [2.75, 3.05) is 11.1 Å². The van der Waals surface area contributed by atoms with Gasteiger partial charge in [0, 0.05) is 10.5 Å². The molecule has 0 bridgehead atoms. The lowest BCUT2D eigenvalue weighted by Crippen LogP contribution is -2.15. The van der Waals surface area contributed by atoms with Crippen LogP contribution in [0, 0.1) is 0 Å². The zero-order valence-corrected chi connectivity index (χ0v) is 18.2. The monoisotopic (exact) mass is 490 g/mol. The second-order valence-electron chi connectivity index (χ2n) is 6.68. The van der Waals surface area contributed by atoms with E-state index < -0.39 is 0 Å². The number of carbonyl (C=O) groups is 1. The normalized spacial score (nSPS) is 13.8. The number of H-pyrrole nitrogens is 2. The van der Waals surface area contributed by atoms with Gasteiger partial charge in [0.1, 0.15) is 0 Å². The third-order valence-corrected chi connectivity index (χ3v) is 6.99. The molecule has 0 spiro atoms. The molecule has 0 atom stereocenters. The van der Waals surface area contributed by atoms with Crippen LogP contribution in [-0.2, 0) is 4.79 Å². The van der Waals surface area contributed by atoms with Crippen LogP contribution in [0.5, 0.6) is 0 Å². The number of rotatable bonds is 6. The Morgan fingerprint density at radius 3 is 2.83 bits per heavy atom. The summed E-state index contributed by atoms with van der Waals surface area (Å²) < 4.78 is 2.84. The average Bonchev–Trinajstić information content (AvgIpc) is 3.07. The topological polar surface area (TPSA) is 108 Å². The van der Waals surface area contributed by atoms with E-state index in [4.69, 9.17) is 0 Å². The summed E-state index contributed by atoms with van der Waals surface area (Å²) in [5.41, 5.74) is 1.62. The molecule has 3 N–H and O–H groups in total. The van der Waals surface area contributed by atoms with E-state index in [0.717, 1.165) is 28.7 Å². The number of nitrogens with zero attached hydrogens (tertiary/aromatic N) is 3. The minimum atomic E-state index is -0.285. The first-order valence-corrected chi connectivity index (χ1v) is 11.6. The largest absolute Gasteiger partial charge is 0.324 e. The van der Waals surface area contributed by atoms with Crippen molar-refractivity contribution in [3.8, 4) is 10.7 Å². The Balaban J connectivity index is 1.31. The van der Waals surface area contributed by atoms with E-state index >= 15 is 0 Å². The molecule has 3 aromatic heterocycles. The number of aromatic nitrogens is 5. The predicted octanol–water partition coefficient (Wildman–Crippen LogP) is 4.00. The summed E-state index contributed by atoms with van der Waals surface area (Å²) in [6, 6.07) is 7.93. The lowest BCUT2D eigenvalue weighted by molar-refractivity contribution is -0.113. The summed E-state index contributed by atoms with van der Waals surface area (Å²) in [5, 5.41) is 14.3. The van der Waals surface area contributed by atoms with Crippen molar-refractivity contribution >= 4 is 61.7 Å². The number of carbonyl (C=O) groups excluding carboxylic acids is 1. The highest BCUT2D eigenvalue weighted by Crippen LogP contribution is 2.41. The molecule has 0 unspecified atom stereocenters. The van der Waals surface area contributed by atoms with E-state index in [-0.39, 0.29) is 17.3 Å². The maximum Gasteiger partial charge on any atom is 0.323 e. The predicted molar refractivity (Wildman–Crippen MR) is 118 cm³/mol. The fourth-order valence-corrected chi connectivity index (χ4v) is 5.03. The van der Waals surface area contributed by atoms with Crippen molar-refractivity contribution in [1.29, 1.82) is 0 Å². The molecule has 1 amide bonds. The quantitative estimate of drug-likeness (QED) is 0.354. The van der Waals surface area contributed by atoms with Crippen LogP contribution in [0.15, 0.2) is 44.1 Å². The van der Waals surface area contributed by atoms with Gasteiger partial charge in [0.05, 0.1) is 27.4 Å². The van der Waals surface area contributed by atoms with Crippen LogP contribution in [0.2, 0.25) is 0 Å². The van der Waals surface area contributed by atoms with Gasteiger partial charge >= 0.3 is 5.69 Å². The molecule has 1 fully saturated rings. The van der Waals surface area contributed by atoms with Gasteiger partial charge < -0.3 is 15.3 Å². The lowest BCUT2D eigenvalue weighted by Gasteiger charge is -2.09. The molecule has 1 aromatic carbocycles. The molecular weight excluding hydrogens is 476 g/mol. The molecule has 0 aliphatic heterocycles. The van der Waals surface area contributed by atoms with Crippen LogP contribution in [-0.4, -0.2) is 36.4 Å². The van der Waals surface area contributed by atoms with Crippen LogP contribution in [0.25, 0.3) is 21.7 Å². The van der Waals surface area contributed by atoms with E-state index in [9.17, 15) is 9.59 Å². The number of nitrogens with one attached hydrogen (secondary N) is 3. The molecular formula is C18H15BrN6O2S2. The molecule has 5 rings (SSSR count). The van der Waals surface area contributed by atoms with Crippen LogP contribution in [0.1, 0.15) is 18.9 Å². The Hall–Kier alpha value is -2.37. The van der Waals surface area contributed by atoms with Gasteiger partial charge in [0.25, 0.3) is 0 Å². The molecule has 29 heavy (non-hydrogen) atoms. The zero-order chi connectivity index (χ0) is 20.0. The van der Waals surface area contributed by atoms with Crippen molar-refractivity contribution in [3.05, 3.63) is 44.6 Å². The average molecular weight is 491 g/mol. The van der Waals surface area contributed by atoms with Gasteiger partial charge in [-0.15, -0.1) is 21.5 Å². The second kappa shape index (κ2) is 7.47. The first-order valence-electron chi connectivity index (χ1n) is 8.91. The van der Waals surface area contributed by atoms with E-state index in [2.05, 4.69) is 46.0 Å². The minimum absolute atomic E-state index is 0.157. The number of thiophene rings is 1. The zero-order valence-electron chi connectivity index (χ0n) is 14.9. The van der Waals surface area contributed by atoms with Gasteiger partial charge in [-0.2, -0.15) is 0 Å². The summed E-state index contributed by atoms with van der Waals surface area (Å²) in [6.07, 6.45) is 2.22. The van der Waals surface area contributed by atoms with Gasteiger partial charge in [-0.05, 0) is 52.4 Å². The highest BCUT2D eigenvalue weighted by atomic mass is 79.9. The fourth-order valence-electron chi connectivity index (χ4n) is 3.08. The fraction of sp³-hybridized carbons (Fsp3) is 0.222.